The number of rotatable bonds is 1. The maximum absolute atomic E-state index is 10.1. The molecule has 6 nitrogen and oxygen atoms in total. The molecule has 3 N–H and O–H groups in total. The fraction of sp³-hybridized carbons (Fsp3) is 0. The van der Waals surface area contributed by atoms with Gasteiger partial charge in [-0.05, 0) is 6.58 Å². The molecule has 0 aromatic rings. The summed E-state index contributed by atoms with van der Waals surface area (Å²) in [5.41, 5.74) is 4.39. The van der Waals surface area contributed by atoms with E-state index in [1.54, 1.807) is 0 Å². The quantitative estimate of drug-likeness (QED) is 0.228. The Morgan fingerprint density at radius 2 is 1.90 bits per heavy atom. The first-order valence-electron chi connectivity index (χ1n) is 2.10. The van der Waals surface area contributed by atoms with E-state index in [1.807, 2.05) is 0 Å². The van der Waals surface area contributed by atoms with E-state index >= 15 is 0 Å². The second-order valence-corrected chi connectivity index (χ2v) is 1.22. The maximum atomic E-state index is 10.1. The average molecular weight is 147 g/mol. The summed E-state index contributed by atoms with van der Waals surface area (Å²) in [5, 5.41) is 8.23. The molecule has 1 amide bonds. The molecule has 0 atom stereocenters. The molecular weight excluding hydrogens is 142 g/mol. The van der Waals surface area contributed by atoms with Gasteiger partial charge in [0.05, 0.1) is 0 Å². The van der Waals surface area contributed by atoms with Crippen LogP contribution in [0.3, 0.4) is 0 Å². The van der Waals surface area contributed by atoms with E-state index in [0.29, 0.717) is 0 Å². The fourth-order valence-electron chi connectivity index (χ4n) is 0.127. The fourth-order valence-corrected chi connectivity index (χ4v) is 0.127. The monoisotopic (exact) mass is 147 g/mol. The number of carbonyl (C=O) groups excluding carboxylic acids is 2. The number of hydrogen-bond acceptors (Lipinski definition) is 5. The first kappa shape index (κ1) is 8.28. The largest absolute Gasteiger partial charge is 0.502 e. The highest BCUT2D eigenvalue weighted by Crippen LogP contribution is 1.88. The zero-order valence-electron chi connectivity index (χ0n) is 4.86. The van der Waals surface area contributed by atoms with E-state index in [4.69, 9.17) is 5.11 Å². The van der Waals surface area contributed by atoms with Crippen LogP contribution >= 0.6 is 0 Å². The van der Waals surface area contributed by atoms with E-state index in [1.165, 1.54) is 0 Å². The number of aliphatic hydroxyl groups excluding tert-OH is 1. The molecule has 0 heterocycles. The minimum atomic E-state index is -1.28. The first-order chi connectivity index (χ1) is 4.54. The summed E-state index contributed by atoms with van der Waals surface area (Å²) >= 11 is 0. The molecule has 0 saturated heterocycles. The molecule has 0 radical (unpaired) electrons. The predicted molar refractivity (Wildman–Crippen MR) is 28.5 cm³/mol. The predicted octanol–water partition coefficient (Wildman–Crippen LogP) is -0.388. The smallest absolute Gasteiger partial charge is 0.447 e. The third-order valence-electron chi connectivity index (χ3n) is 0.435. The molecule has 0 fully saturated rings. The minimum Gasteiger partial charge on any atom is -0.502 e. The lowest BCUT2D eigenvalue weighted by Gasteiger charge is -1.96. The Hall–Kier alpha value is -1.72. The minimum absolute atomic E-state index is 0.874. The summed E-state index contributed by atoms with van der Waals surface area (Å²) in [7, 11) is 0. The summed E-state index contributed by atoms with van der Waals surface area (Å²) in [4.78, 5) is 27.0. The highest BCUT2D eigenvalue weighted by molar-refractivity contribution is 5.84. The van der Waals surface area contributed by atoms with Crippen molar-refractivity contribution in [3.05, 3.63) is 12.3 Å². The van der Waals surface area contributed by atoms with Crippen molar-refractivity contribution in [2.75, 3.05) is 0 Å². The van der Waals surface area contributed by atoms with Gasteiger partial charge in [0.15, 0.2) is 5.76 Å². The second-order valence-electron chi connectivity index (χ2n) is 1.22. The van der Waals surface area contributed by atoms with E-state index in [2.05, 4.69) is 22.1 Å². The van der Waals surface area contributed by atoms with Gasteiger partial charge in [0.2, 0.25) is 0 Å². The molecule has 10 heavy (non-hydrogen) atoms. The number of carbonyl (C=O) groups is 2. The SMILES string of the molecule is C=C(O)C(=O)OOC(N)=O. The Morgan fingerprint density at radius 1 is 1.40 bits per heavy atom. The topological polar surface area (TPSA) is 98.8 Å². The molecule has 0 saturated carbocycles. The van der Waals surface area contributed by atoms with Crippen LogP contribution < -0.4 is 5.73 Å². The molecule has 0 aromatic heterocycles. The van der Waals surface area contributed by atoms with Gasteiger partial charge in [0, 0.05) is 0 Å². The molecule has 0 spiro atoms. The van der Waals surface area contributed by atoms with Crippen molar-refractivity contribution in [2.24, 2.45) is 5.73 Å². The van der Waals surface area contributed by atoms with Gasteiger partial charge < -0.3 is 10.8 Å². The van der Waals surface area contributed by atoms with Crippen LogP contribution in [0.25, 0.3) is 0 Å². The van der Waals surface area contributed by atoms with Crippen molar-refractivity contribution < 1.29 is 24.5 Å². The van der Waals surface area contributed by atoms with Crippen molar-refractivity contribution in [2.45, 2.75) is 0 Å². The van der Waals surface area contributed by atoms with Crippen LogP contribution in [-0.2, 0) is 14.6 Å². The van der Waals surface area contributed by atoms with Gasteiger partial charge in [-0.15, -0.1) is 0 Å². The summed E-state index contributed by atoms with van der Waals surface area (Å²) in [6.07, 6.45) is -1.28. The maximum Gasteiger partial charge on any atom is 0.447 e. The Balaban J connectivity index is 3.60. The summed E-state index contributed by atoms with van der Waals surface area (Å²) in [6.45, 7) is 2.78. The summed E-state index contributed by atoms with van der Waals surface area (Å²) in [5.74, 6) is -2.14. The molecule has 0 aliphatic carbocycles. The van der Waals surface area contributed by atoms with E-state index in [-0.39, 0.29) is 0 Å². The van der Waals surface area contributed by atoms with Crippen LogP contribution in [0.4, 0.5) is 4.79 Å². The van der Waals surface area contributed by atoms with Gasteiger partial charge in [-0.1, -0.05) is 0 Å². The normalized spacial score (nSPS) is 8.00. The van der Waals surface area contributed by atoms with Crippen LogP contribution in [0.1, 0.15) is 0 Å². The Morgan fingerprint density at radius 3 is 2.20 bits per heavy atom. The molecule has 56 valence electrons. The van der Waals surface area contributed by atoms with E-state index < -0.39 is 17.8 Å². The van der Waals surface area contributed by atoms with Crippen molar-refractivity contribution in [1.82, 2.24) is 0 Å². The lowest BCUT2D eigenvalue weighted by atomic mass is 10.6. The number of hydrogen-bond donors (Lipinski definition) is 2. The van der Waals surface area contributed by atoms with Crippen LogP contribution in [0, 0.1) is 0 Å². The molecular formula is C4H5NO5. The number of nitrogens with two attached hydrogens (primary N) is 1. The highest BCUT2D eigenvalue weighted by Gasteiger charge is 2.08. The summed E-state index contributed by atoms with van der Waals surface area (Å²) in [6, 6.07) is 0. The third-order valence-corrected chi connectivity index (χ3v) is 0.435. The van der Waals surface area contributed by atoms with Crippen LogP contribution in [0.15, 0.2) is 12.3 Å². The Labute approximate surface area is 55.8 Å². The van der Waals surface area contributed by atoms with Gasteiger partial charge in [-0.2, -0.15) is 0 Å². The first-order valence-corrected chi connectivity index (χ1v) is 2.10. The average Bonchev–Trinajstić information content (AvgIpc) is 1.82. The van der Waals surface area contributed by atoms with Gasteiger partial charge in [0.25, 0.3) is 0 Å². The third kappa shape index (κ3) is 3.30. The van der Waals surface area contributed by atoms with Crippen molar-refractivity contribution in [3.63, 3.8) is 0 Å². The second kappa shape index (κ2) is 3.33. The zero-order valence-corrected chi connectivity index (χ0v) is 4.86. The van der Waals surface area contributed by atoms with Gasteiger partial charge in [-0.3, -0.25) is 0 Å². The number of amides is 1. The number of aliphatic hydroxyl groups is 1. The van der Waals surface area contributed by atoms with E-state index in [0.717, 1.165) is 0 Å². The highest BCUT2D eigenvalue weighted by atomic mass is 17.2. The van der Waals surface area contributed by atoms with Crippen LogP contribution in [0.5, 0.6) is 0 Å². The Kier molecular flexibility index (Phi) is 2.76. The standard InChI is InChI=1S/C4H5NO5/c1-2(6)3(7)9-10-4(5)8/h6H,1H2,(H2,5,8). The Bertz CT molecular complexity index is 174. The zero-order chi connectivity index (χ0) is 8.15. The molecule has 0 bridgehead atoms. The lowest BCUT2D eigenvalue weighted by molar-refractivity contribution is -0.228. The molecule has 0 unspecified atom stereocenters. The number of primary amides is 1. The lowest BCUT2D eigenvalue weighted by Crippen LogP contribution is -2.17. The molecule has 0 rings (SSSR count). The van der Waals surface area contributed by atoms with Crippen molar-refractivity contribution in [3.8, 4) is 0 Å². The molecule has 0 aromatic carbocycles. The van der Waals surface area contributed by atoms with Gasteiger partial charge in [-0.25, -0.2) is 19.4 Å². The van der Waals surface area contributed by atoms with Crippen molar-refractivity contribution in [1.29, 1.82) is 0 Å². The van der Waals surface area contributed by atoms with E-state index in [9.17, 15) is 9.59 Å². The summed E-state index contributed by atoms with van der Waals surface area (Å²) < 4.78 is 0. The van der Waals surface area contributed by atoms with Crippen molar-refractivity contribution >= 4 is 12.1 Å². The van der Waals surface area contributed by atoms with Gasteiger partial charge >= 0.3 is 12.1 Å². The molecule has 0 aliphatic heterocycles. The molecule has 6 heteroatoms. The van der Waals surface area contributed by atoms with Crippen LogP contribution in [0.2, 0.25) is 0 Å². The van der Waals surface area contributed by atoms with Gasteiger partial charge in [0.1, 0.15) is 0 Å². The van der Waals surface area contributed by atoms with Crippen LogP contribution in [-0.4, -0.2) is 17.2 Å². The molecule has 0 aliphatic rings.